The number of carbonyl (C=O) groups is 2. The summed E-state index contributed by atoms with van der Waals surface area (Å²) >= 11 is 0. The number of ether oxygens (including phenoxy) is 1. The number of para-hydroxylation sites is 1. The summed E-state index contributed by atoms with van der Waals surface area (Å²) in [5.74, 6) is -0.792. The summed E-state index contributed by atoms with van der Waals surface area (Å²) in [6.45, 7) is -0.138. The second-order valence-corrected chi connectivity index (χ2v) is 4.04. The summed E-state index contributed by atoms with van der Waals surface area (Å²) in [6, 6.07) is 15.0. The largest absolute Gasteiger partial charge is 0.484 e. The number of nitrogens with one attached hydrogen (secondary N) is 1. The molecule has 2 aromatic carbocycles. The summed E-state index contributed by atoms with van der Waals surface area (Å²) < 4.78 is 5.29. The Bertz CT molecular complexity index is 610. The van der Waals surface area contributed by atoms with Gasteiger partial charge in [-0.15, -0.1) is 0 Å². The van der Waals surface area contributed by atoms with Crippen molar-refractivity contribution in [3.05, 3.63) is 60.2 Å². The summed E-state index contributed by atoms with van der Waals surface area (Å²) in [4.78, 5) is 22.5. The monoisotopic (exact) mass is 271 g/mol. The Morgan fingerprint density at radius 3 is 2.50 bits per heavy atom. The van der Waals surface area contributed by atoms with Crippen LogP contribution >= 0.6 is 0 Å². The van der Waals surface area contributed by atoms with Crippen LogP contribution in [0.1, 0.15) is 10.4 Å². The minimum atomic E-state index is -1.04. The van der Waals surface area contributed by atoms with Crippen molar-refractivity contribution in [2.24, 2.45) is 0 Å². The Hall–Kier alpha value is -2.82. The molecule has 0 aliphatic heterocycles. The van der Waals surface area contributed by atoms with Crippen LogP contribution < -0.4 is 10.1 Å². The lowest BCUT2D eigenvalue weighted by Crippen LogP contribution is -2.20. The van der Waals surface area contributed by atoms with Crippen LogP contribution in [0, 0.1) is 0 Å². The molecule has 0 radical (unpaired) electrons. The van der Waals surface area contributed by atoms with Crippen molar-refractivity contribution in [3.8, 4) is 5.75 Å². The van der Waals surface area contributed by atoms with Gasteiger partial charge in [0.1, 0.15) is 5.75 Å². The first-order chi connectivity index (χ1) is 9.65. The highest BCUT2D eigenvalue weighted by Crippen LogP contribution is 2.11. The minimum absolute atomic E-state index is 0.117. The van der Waals surface area contributed by atoms with E-state index in [2.05, 4.69) is 5.32 Å². The maximum atomic E-state index is 11.7. The van der Waals surface area contributed by atoms with Crippen molar-refractivity contribution >= 4 is 17.6 Å². The summed E-state index contributed by atoms with van der Waals surface area (Å²) in [5.41, 5.74) is 0.540. The van der Waals surface area contributed by atoms with Crippen molar-refractivity contribution in [2.75, 3.05) is 11.9 Å². The lowest BCUT2D eigenvalue weighted by molar-refractivity contribution is -0.118. The standard InChI is InChI=1S/C15H13NO4/c17-14(10-20-13-7-2-1-3-8-13)16-12-6-4-5-11(9-12)15(18)19/h1-9H,10H2,(H,16,17)(H,18,19). The molecule has 0 aromatic heterocycles. The van der Waals surface area contributed by atoms with Gasteiger partial charge in [0.05, 0.1) is 5.56 Å². The molecule has 0 bridgehead atoms. The summed E-state index contributed by atoms with van der Waals surface area (Å²) in [5, 5.41) is 11.4. The third kappa shape index (κ3) is 3.84. The van der Waals surface area contributed by atoms with Crippen molar-refractivity contribution in [2.45, 2.75) is 0 Å². The SMILES string of the molecule is O=C(COc1ccccc1)Nc1cccc(C(=O)O)c1. The van der Waals surface area contributed by atoms with Crippen LogP contribution in [-0.4, -0.2) is 23.6 Å². The molecular weight excluding hydrogens is 258 g/mol. The summed E-state index contributed by atoms with van der Waals surface area (Å²) in [7, 11) is 0. The van der Waals surface area contributed by atoms with Gasteiger partial charge >= 0.3 is 5.97 Å². The maximum Gasteiger partial charge on any atom is 0.335 e. The number of hydrogen-bond acceptors (Lipinski definition) is 3. The van der Waals surface area contributed by atoms with Crippen molar-refractivity contribution < 1.29 is 19.4 Å². The third-order valence-corrected chi connectivity index (χ3v) is 2.51. The van der Waals surface area contributed by atoms with Gasteiger partial charge in [-0.2, -0.15) is 0 Å². The number of carboxylic acid groups (broad SMARTS) is 1. The first-order valence-electron chi connectivity index (χ1n) is 5.96. The molecule has 20 heavy (non-hydrogen) atoms. The van der Waals surface area contributed by atoms with Crippen molar-refractivity contribution in [1.82, 2.24) is 0 Å². The summed E-state index contributed by atoms with van der Waals surface area (Å²) in [6.07, 6.45) is 0. The highest BCUT2D eigenvalue weighted by Gasteiger charge is 2.06. The smallest absolute Gasteiger partial charge is 0.335 e. The number of anilines is 1. The number of carboxylic acids is 1. The first-order valence-corrected chi connectivity index (χ1v) is 5.96. The average molecular weight is 271 g/mol. The number of hydrogen-bond donors (Lipinski definition) is 2. The van der Waals surface area contributed by atoms with Gasteiger partial charge in [0.25, 0.3) is 5.91 Å². The third-order valence-electron chi connectivity index (χ3n) is 2.51. The molecule has 5 nitrogen and oxygen atoms in total. The van der Waals surface area contributed by atoms with E-state index in [9.17, 15) is 9.59 Å². The van der Waals surface area contributed by atoms with Gasteiger partial charge in [-0.3, -0.25) is 4.79 Å². The molecule has 5 heteroatoms. The Morgan fingerprint density at radius 2 is 1.80 bits per heavy atom. The van der Waals surface area contributed by atoms with Crippen LogP contribution in [0.15, 0.2) is 54.6 Å². The number of aromatic carboxylic acids is 1. The van der Waals surface area contributed by atoms with Crippen LogP contribution in [0.5, 0.6) is 5.75 Å². The molecule has 2 N–H and O–H groups in total. The molecule has 0 saturated heterocycles. The predicted molar refractivity (Wildman–Crippen MR) is 74.0 cm³/mol. The molecule has 0 atom stereocenters. The zero-order valence-corrected chi connectivity index (χ0v) is 10.6. The molecule has 2 aromatic rings. The van der Waals surface area contributed by atoms with E-state index in [0.29, 0.717) is 11.4 Å². The molecule has 0 aliphatic rings. The molecule has 0 aliphatic carbocycles. The van der Waals surface area contributed by atoms with Gasteiger partial charge < -0.3 is 15.2 Å². The first kappa shape index (κ1) is 13.6. The van der Waals surface area contributed by atoms with Gasteiger partial charge in [0.2, 0.25) is 0 Å². The number of carbonyl (C=O) groups excluding carboxylic acids is 1. The molecule has 0 unspecified atom stereocenters. The molecule has 0 spiro atoms. The molecule has 0 saturated carbocycles. The van der Waals surface area contributed by atoms with Crippen LogP contribution in [0.2, 0.25) is 0 Å². The van der Waals surface area contributed by atoms with E-state index in [-0.39, 0.29) is 18.1 Å². The van der Waals surface area contributed by atoms with E-state index in [1.54, 1.807) is 24.3 Å². The van der Waals surface area contributed by atoms with Gasteiger partial charge in [0.15, 0.2) is 6.61 Å². The maximum absolute atomic E-state index is 11.7. The molecule has 2 rings (SSSR count). The topological polar surface area (TPSA) is 75.6 Å². The van der Waals surface area contributed by atoms with Crippen molar-refractivity contribution in [1.29, 1.82) is 0 Å². The van der Waals surface area contributed by atoms with E-state index < -0.39 is 5.97 Å². The quantitative estimate of drug-likeness (QED) is 0.875. The fourth-order valence-electron chi connectivity index (χ4n) is 1.59. The predicted octanol–water partition coefficient (Wildman–Crippen LogP) is 2.40. The molecule has 1 amide bonds. The van der Waals surface area contributed by atoms with E-state index >= 15 is 0 Å². The van der Waals surface area contributed by atoms with Crippen molar-refractivity contribution in [3.63, 3.8) is 0 Å². The second-order valence-electron chi connectivity index (χ2n) is 4.04. The Labute approximate surface area is 115 Å². The average Bonchev–Trinajstić information content (AvgIpc) is 2.46. The molecule has 0 heterocycles. The second kappa shape index (κ2) is 6.38. The Morgan fingerprint density at radius 1 is 1.05 bits per heavy atom. The lowest BCUT2D eigenvalue weighted by atomic mass is 10.2. The van der Waals surface area contributed by atoms with E-state index in [1.165, 1.54) is 12.1 Å². The van der Waals surface area contributed by atoms with Gasteiger partial charge in [0, 0.05) is 5.69 Å². The van der Waals surface area contributed by atoms with Crippen LogP contribution in [-0.2, 0) is 4.79 Å². The highest BCUT2D eigenvalue weighted by molar-refractivity contribution is 5.94. The van der Waals surface area contributed by atoms with Crippen LogP contribution in [0.25, 0.3) is 0 Å². The van der Waals surface area contributed by atoms with E-state index in [1.807, 2.05) is 18.2 Å². The van der Waals surface area contributed by atoms with Gasteiger partial charge in [-0.1, -0.05) is 24.3 Å². The fraction of sp³-hybridized carbons (Fsp3) is 0.0667. The van der Waals surface area contributed by atoms with Crippen LogP contribution in [0.4, 0.5) is 5.69 Å². The zero-order chi connectivity index (χ0) is 14.4. The Balaban J connectivity index is 1.91. The Kier molecular flexibility index (Phi) is 4.34. The molecule has 102 valence electrons. The molecular formula is C15H13NO4. The normalized spacial score (nSPS) is 9.80. The lowest BCUT2D eigenvalue weighted by Gasteiger charge is -2.07. The number of benzene rings is 2. The fourth-order valence-corrected chi connectivity index (χ4v) is 1.59. The number of amides is 1. The zero-order valence-electron chi connectivity index (χ0n) is 10.6. The van der Waals surface area contributed by atoms with Crippen LogP contribution in [0.3, 0.4) is 0 Å². The van der Waals surface area contributed by atoms with E-state index in [4.69, 9.17) is 9.84 Å². The molecule has 0 fully saturated rings. The highest BCUT2D eigenvalue weighted by atomic mass is 16.5. The van der Waals surface area contributed by atoms with E-state index in [0.717, 1.165) is 0 Å². The number of rotatable bonds is 5. The van der Waals surface area contributed by atoms with Gasteiger partial charge in [-0.25, -0.2) is 4.79 Å². The minimum Gasteiger partial charge on any atom is -0.484 e. The van der Waals surface area contributed by atoms with Gasteiger partial charge in [-0.05, 0) is 30.3 Å².